The van der Waals surface area contributed by atoms with Crippen molar-refractivity contribution in [2.45, 2.75) is 19.4 Å². The summed E-state index contributed by atoms with van der Waals surface area (Å²) in [6, 6.07) is 5.09. The number of carbonyl (C=O) groups is 1. The van der Waals surface area contributed by atoms with E-state index in [-0.39, 0.29) is 12.6 Å². The van der Waals surface area contributed by atoms with Gasteiger partial charge in [-0.2, -0.15) is 5.10 Å². The minimum Gasteiger partial charge on any atom is -0.471 e. The van der Waals surface area contributed by atoms with Crippen molar-refractivity contribution in [1.82, 2.24) is 15.1 Å². The molecular formula is C16H14F3N3O2. The maximum absolute atomic E-state index is 13.7. The lowest BCUT2D eigenvalue weighted by Gasteiger charge is -2.17. The maximum Gasteiger partial charge on any atom is 0.257 e. The van der Waals surface area contributed by atoms with Gasteiger partial charge in [0.05, 0.1) is 17.8 Å². The van der Waals surface area contributed by atoms with Crippen molar-refractivity contribution < 1.29 is 22.7 Å². The van der Waals surface area contributed by atoms with Crippen LogP contribution in [0, 0.1) is 24.4 Å². The molecule has 0 unspecified atom stereocenters. The average molecular weight is 337 g/mol. The number of carbonyl (C=O) groups excluding carboxylic acids is 1. The van der Waals surface area contributed by atoms with Crippen molar-refractivity contribution in [2.24, 2.45) is 0 Å². The Morgan fingerprint density at radius 1 is 1.17 bits per heavy atom. The van der Waals surface area contributed by atoms with Crippen molar-refractivity contribution in [1.29, 1.82) is 0 Å². The van der Waals surface area contributed by atoms with E-state index < -0.39 is 28.9 Å². The largest absolute Gasteiger partial charge is 0.471 e. The summed E-state index contributed by atoms with van der Waals surface area (Å²) >= 11 is 0. The Bertz CT molecular complexity index is 768. The molecule has 1 amide bonds. The SMILES string of the molecule is Cc1ccc(O[C@@H]2CCN(C(=O)c3ccc(F)c(F)c3F)C2)nn1. The molecule has 0 bridgehead atoms. The van der Waals surface area contributed by atoms with Crippen LogP contribution in [0.1, 0.15) is 22.5 Å². The summed E-state index contributed by atoms with van der Waals surface area (Å²) in [5.41, 5.74) is 0.254. The molecule has 126 valence electrons. The minimum atomic E-state index is -1.65. The highest BCUT2D eigenvalue weighted by molar-refractivity contribution is 5.94. The molecule has 1 aromatic heterocycles. The van der Waals surface area contributed by atoms with Crippen LogP contribution in [0.25, 0.3) is 0 Å². The molecule has 1 atom stereocenters. The van der Waals surface area contributed by atoms with E-state index in [1.54, 1.807) is 19.1 Å². The Labute approximate surface area is 136 Å². The maximum atomic E-state index is 13.7. The lowest BCUT2D eigenvalue weighted by molar-refractivity contribution is 0.0765. The van der Waals surface area contributed by atoms with E-state index in [2.05, 4.69) is 10.2 Å². The van der Waals surface area contributed by atoms with E-state index in [0.29, 0.717) is 18.8 Å². The van der Waals surface area contributed by atoms with E-state index >= 15 is 0 Å². The van der Waals surface area contributed by atoms with Crippen LogP contribution in [-0.4, -0.2) is 40.2 Å². The van der Waals surface area contributed by atoms with Gasteiger partial charge in [-0.15, -0.1) is 5.10 Å². The van der Waals surface area contributed by atoms with Crippen molar-refractivity contribution in [2.75, 3.05) is 13.1 Å². The van der Waals surface area contributed by atoms with E-state index in [1.807, 2.05) is 0 Å². The summed E-state index contributed by atoms with van der Waals surface area (Å²) in [4.78, 5) is 13.6. The number of amides is 1. The zero-order valence-corrected chi connectivity index (χ0v) is 12.8. The molecule has 2 aromatic rings. The van der Waals surface area contributed by atoms with Crippen LogP contribution < -0.4 is 4.74 Å². The Balaban J connectivity index is 1.68. The first kappa shape index (κ1) is 16.2. The second-order valence-corrected chi connectivity index (χ2v) is 5.52. The molecule has 1 saturated heterocycles. The van der Waals surface area contributed by atoms with Gasteiger partial charge in [0, 0.05) is 19.0 Å². The molecule has 0 aliphatic carbocycles. The van der Waals surface area contributed by atoms with E-state index in [1.165, 1.54) is 4.90 Å². The smallest absolute Gasteiger partial charge is 0.257 e. The Kier molecular flexibility index (Phi) is 4.37. The average Bonchev–Trinajstić information content (AvgIpc) is 3.03. The highest BCUT2D eigenvalue weighted by Gasteiger charge is 2.31. The summed E-state index contributed by atoms with van der Waals surface area (Å²) in [5, 5.41) is 7.75. The molecule has 1 aromatic carbocycles. The van der Waals surface area contributed by atoms with Gasteiger partial charge in [-0.1, -0.05) is 0 Å². The number of rotatable bonds is 3. The fourth-order valence-corrected chi connectivity index (χ4v) is 2.49. The van der Waals surface area contributed by atoms with Gasteiger partial charge in [0.25, 0.3) is 5.91 Å². The number of likely N-dealkylation sites (tertiary alicyclic amines) is 1. The monoisotopic (exact) mass is 337 g/mol. The summed E-state index contributed by atoms with van der Waals surface area (Å²) < 4.78 is 45.6. The first-order valence-electron chi connectivity index (χ1n) is 7.35. The van der Waals surface area contributed by atoms with Gasteiger partial charge in [0.1, 0.15) is 6.10 Å². The molecule has 0 radical (unpaired) electrons. The first-order valence-corrected chi connectivity index (χ1v) is 7.35. The van der Waals surface area contributed by atoms with Gasteiger partial charge < -0.3 is 9.64 Å². The summed E-state index contributed by atoms with van der Waals surface area (Å²) in [6.07, 6.45) is 0.200. The van der Waals surface area contributed by atoms with Gasteiger partial charge >= 0.3 is 0 Å². The van der Waals surface area contributed by atoms with Crippen molar-refractivity contribution in [3.63, 3.8) is 0 Å². The van der Waals surface area contributed by atoms with Gasteiger partial charge in [0.2, 0.25) is 5.88 Å². The lowest BCUT2D eigenvalue weighted by Crippen LogP contribution is -2.31. The normalized spacial score (nSPS) is 17.2. The number of aryl methyl sites for hydroxylation is 1. The molecule has 0 spiro atoms. The van der Waals surface area contributed by atoms with Crippen LogP contribution in [0.15, 0.2) is 24.3 Å². The zero-order chi connectivity index (χ0) is 17.3. The fourth-order valence-electron chi connectivity index (χ4n) is 2.49. The van der Waals surface area contributed by atoms with Crippen LogP contribution in [-0.2, 0) is 0 Å². The molecule has 1 aliphatic heterocycles. The number of halogens is 3. The van der Waals surface area contributed by atoms with E-state index in [4.69, 9.17) is 4.74 Å². The minimum absolute atomic E-state index is 0.201. The number of ether oxygens (including phenoxy) is 1. The first-order chi connectivity index (χ1) is 11.5. The predicted molar refractivity (Wildman–Crippen MR) is 78.0 cm³/mol. The van der Waals surface area contributed by atoms with Crippen LogP contribution in [0.2, 0.25) is 0 Å². The molecule has 1 aliphatic rings. The molecule has 2 heterocycles. The fraction of sp³-hybridized carbons (Fsp3) is 0.312. The molecule has 3 rings (SSSR count). The topological polar surface area (TPSA) is 55.3 Å². The highest BCUT2D eigenvalue weighted by Crippen LogP contribution is 2.21. The van der Waals surface area contributed by atoms with Gasteiger partial charge in [-0.25, -0.2) is 13.2 Å². The molecule has 0 N–H and O–H groups in total. The summed E-state index contributed by atoms with van der Waals surface area (Å²) in [6.45, 7) is 2.32. The second-order valence-electron chi connectivity index (χ2n) is 5.52. The predicted octanol–water partition coefficient (Wildman–Crippen LogP) is 2.50. The van der Waals surface area contributed by atoms with Crippen molar-refractivity contribution in [3.8, 4) is 5.88 Å². The molecule has 1 fully saturated rings. The molecule has 5 nitrogen and oxygen atoms in total. The number of aromatic nitrogens is 2. The van der Waals surface area contributed by atoms with Crippen LogP contribution in [0.3, 0.4) is 0 Å². The zero-order valence-electron chi connectivity index (χ0n) is 12.8. The van der Waals surface area contributed by atoms with Gasteiger partial charge in [-0.05, 0) is 25.1 Å². The van der Waals surface area contributed by atoms with Gasteiger partial charge in [0.15, 0.2) is 17.5 Å². The quantitative estimate of drug-likeness (QED) is 0.808. The van der Waals surface area contributed by atoms with Crippen molar-refractivity contribution in [3.05, 3.63) is 53.0 Å². The molecule has 0 saturated carbocycles. The number of hydrogen-bond acceptors (Lipinski definition) is 4. The summed E-state index contributed by atoms with van der Waals surface area (Å²) in [7, 11) is 0. The third kappa shape index (κ3) is 3.17. The third-order valence-electron chi connectivity index (χ3n) is 3.76. The van der Waals surface area contributed by atoms with E-state index in [9.17, 15) is 18.0 Å². The van der Waals surface area contributed by atoms with Gasteiger partial charge in [-0.3, -0.25) is 4.79 Å². The molecular weight excluding hydrogens is 323 g/mol. The van der Waals surface area contributed by atoms with Crippen LogP contribution >= 0.6 is 0 Å². The third-order valence-corrected chi connectivity index (χ3v) is 3.76. The number of benzene rings is 1. The second kappa shape index (κ2) is 6.46. The van der Waals surface area contributed by atoms with Crippen molar-refractivity contribution >= 4 is 5.91 Å². The summed E-state index contributed by atoms with van der Waals surface area (Å²) in [5.74, 6) is -4.83. The van der Waals surface area contributed by atoms with Crippen LogP contribution in [0.4, 0.5) is 13.2 Å². The number of nitrogens with zero attached hydrogens (tertiary/aromatic N) is 3. The standard InChI is InChI=1S/C16H14F3N3O2/c1-9-2-5-13(21-20-9)24-10-6-7-22(8-10)16(23)11-3-4-12(17)15(19)14(11)18/h2-5,10H,6-8H2,1H3/t10-/m1/s1. The Hall–Kier alpha value is -2.64. The van der Waals surface area contributed by atoms with Crippen LogP contribution in [0.5, 0.6) is 5.88 Å². The number of hydrogen-bond donors (Lipinski definition) is 0. The van der Waals surface area contributed by atoms with E-state index in [0.717, 1.165) is 17.8 Å². The molecule has 24 heavy (non-hydrogen) atoms. The lowest BCUT2D eigenvalue weighted by atomic mass is 10.1. The Morgan fingerprint density at radius 3 is 2.67 bits per heavy atom. The highest BCUT2D eigenvalue weighted by atomic mass is 19.2. The Morgan fingerprint density at radius 2 is 1.96 bits per heavy atom. The molecule has 8 heteroatoms.